The average molecular weight is 492 g/mol. The van der Waals surface area contributed by atoms with E-state index in [0.29, 0.717) is 10.7 Å². The van der Waals surface area contributed by atoms with Gasteiger partial charge in [-0.25, -0.2) is 14.2 Å². The normalized spacial score (nSPS) is 12.6. The van der Waals surface area contributed by atoms with Crippen molar-refractivity contribution >= 4 is 57.4 Å². The number of hydrogen-bond donors (Lipinski definition) is 0. The second kappa shape index (κ2) is 9.19. The van der Waals surface area contributed by atoms with E-state index in [9.17, 15) is 18.8 Å². The number of rotatable bonds is 5. The SMILES string of the molecule is CCOC(=O)/C=c1/s/c(=C\c2c(F)cccc2Cl)c(=O)n1Cc1cc(=O)n2ccsc2n1. The molecule has 0 N–H and O–H groups in total. The Balaban J connectivity index is 1.90. The minimum atomic E-state index is -0.625. The fraction of sp³-hybridized carbons (Fsp3) is 0.143. The lowest BCUT2D eigenvalue weighted by molar-refractivity contribution is -0.135. The highest BCUT2D eigenvalue weighted by molar-refractivity contribution is 7.15. The van der Waals surface area contributed by atoms with Crippen molar-refractivity contribution < 1.29 is 13.9 Å². The molecule has 0 unspecified atom stereocenters. The fourth-order valence-corrected chi connectivity index (χ4v) is 4.96. The monoisotopic (exact) mass is 491 g/mol. The highest BCUT2D eigenvalue weighted by Gasteiger charge is 2.12. The van der Waals surface area contributed by atoms with E-state index in [0.717, 1.165) is 11.3 Å². The molecule has 4 rings (SSSR count). The van der Waals surface area contributed by atoms with E-state index in [1.165, 1.54) is 56.7 Å². The molecule has 1 aromatic carbocycles. The standard InChI is InChI=1S/C21H15ClFN3O4S2/c1-2-30-19(28)10-18-26(11-12-8-17(27)25-6-7-31-21(25)24-12)20(29)16(32-18)9-13-14(22)4-3-5-15(13)23/h3-10H,2,11H2,1H3/b16-9-,18-10+. The number of thiazole rings is 2. The maximum atomic E-state index is 14.2. The summed E-state index contributed by atoms with van der Waals surface area (Å²) in [5.74, 6) is -1.20. The van der Waals surface area contributed by atoms with Crippen LogP contribution in [0.1, 0.15) is 18.2 Å². The number of ether oxygens (including phenoxy) is 1. The quantitative estimate of drug-likeness (QED) is 0.399. The summed E-state index contributed by atoms with van der Waals surface area (Å²) in [6, 6.07) is 5.55. The zero-order valence-electron chi connectivity index (χ0n) is 16.6. The third kappa shape index (κ3) is 4.43. The zero-order chi connectivity index (χ0) is 22.8. The summed E-state index contributed by atoms with van der Waals surface area (Å²) in [6.07, 6.45) is 4.14. The summed E-state index contributed by atoms with van der Waals surface area (Å²) in [7, 11) is 0. The van der Waals surface area contributed by atoms with E-state index in [2.05, 4.69) is 4.98 Å². The zero-order valence-corrected chi connectivity index (χ0v) is 19.0. The molecular formula is C21H15ClFN3O4S2. The Kier molecular flexibility index (Phi) is 6.35. The predicted molar refractivity (Wildman–Crippen MR) is 122 cm³/mol. The molecule has 0 amide bonds. The van der Waals surface area contributed by atoms with Gasteiger partial charge in [-0.05, 0) is 25.1 Å². The number of halogens is 2. The van der Waals surface area contributed by atoms with Gasteiger partial charge in [0.1, 0.15) is 10.5 Å². The van der Waals surface area contributed by atoms with Crippen LogP contribution >= 0.6 is 34.3 Å². The second-order valence-corrected chi connectivity index (χ2v) is 8.86. The number of carbonyl (C=O) groups excluding carboxylic acids is 1. The van der Waals surface area contributed by atoms with Gasteiger partial charge in [0.15, 0.2) is 4.96 Å². The molecule has 0 saturated heterocycles. The summed E-state index contributed by atoms with van der Waals surface area (Å²) in [6.45, 7) is 1.78. The maximum Gasteiger partial charge on any atom is 0.333 e. The molecular weight excluding hydrogens is 477 g/mol. The molecule has 3 aromatic heterocycles. The number of aromatic nitrogens is 3. The molecule has 0 aliphatic heterocycles. The summed E-state index contributed by atoms with van der Waals surface area (Å²) in [4.78, 5) is 42.4. The summed E-state index contributed by atoms with van der Waals surface area (Å²) < 4.78 is 22.4. The number of carbonyl (C=O) groups is 1. The highest BCUT2D eigenvalue weighted by Crippen LogP contribution is 2.19. The van der Waals surface area contributed by atoms with Crippen molar-refractivity contribution in [1.82, 2.24) is 14.0 Å². The van der Waals surface area contributed by atoms with Crippen molar-refractivity contribution in [3.63, 3.8) is 0 Å². The van der Waals surface area contributed by atoms with Gasteiger partial charge in [-0.1, -0.05) is 17.7 Å². The summed E-state index contributed by atoms with van der Waals surface area (Å²) in [5, 5.41) is 1.88. The van der Waals surface area contributed by atoms with Crippen molar-refractivity contribution in [2.45, 2.75) is 13.5 Å². The van der Waals surface area contributed by atoms with Crippen molar-refractivity contribution in [3.8, 4) is 0 Å². The molecule has 0 radical (unpaired) electrons. The van der Waals surface area contributed by atoms with Gasteiger partial charge in [-0.2, -0.15) is 0 Å². The molecule has 0 atom stereocenters. The Hall–Kier alpha value is -3.08. The van der Waals surface area contributed by atoms with Crippen LogP contribution in [0.3, 0.4) is 0 Å². The molecule has 0 aliphatic rings. The lowest BCUT2D eigenvalue weighted by Crippen LogP contribution is -2.33. The van der Waals surface area contributed by atoms with Crippen LogP contribution in [-0.2, 0) is 16.1 Å². The Morgan fingerprint density at radius 1 is 1.34 bits per heavy atom. The third-order valence-corrected chi connectivity index (χ3v) is 6.56. The van der Waals surface area contributed by atoms with Crippen LogP contribution < -0.4 is 20.3 Å². The maximum absolute atomic E-state index is 14.2. The van der Waals surface area contributed by atoms with Gasteiger partial charge in [0.2, 0.25) is 0 Å². The predicted octanol–water partition coefficient (Wildman–Crippen LogP) is 1.99. The number of nitrogens with zero attached hydrogens (tertiary/aromatic N) is 3. The molecule has 0 spiro atoms. The molecule has 0 saturated carbocycles. The minimum Gasteiger partial charge on any atom is -0.463 e. The summed E-state index contributed by atoms with van der Waals surface area (Å²) >= 11 is 8.36. The molecule has 7 nitrogen and oxygen atoms in total. The molecule has 4 aromatic rings. The summed E-state index contributed by atoms with van der Waals surface area (Å²) in [5.41, 5.74) is -0.335. The Morgan fingerprint density at radius 3 is 2.91 bits per heavy atom. The Bertz CT molecular complexity index is 1550. The van der Waals surface area contributed by atoms with Gasteiger partial charge in [-0.15, -0.1) is 22.7 Å². The van der Waals surface area contributed by atoms with Crippen molar-refractivity contribution in [3.05, 3.63) is 87.8 Å². The smallest absolute Gasteiger partial charge is 0.333 e. The third-order valence-electron chi connectivity index (χ3n) is 4.42. The number of benzene rings is 1. The van der Waals surface area contributed by atoms with Gasteiger partial charge in [0.05, 0.1) is 34.5 Å². The fourth-order valence-electron chi connectivity index (χ4n) is 2.99. The van der Waals surface area contributed by atoms with Gasteiger partial charge >= 0.3 is 5.97 Å². The van der Waals surface area contributed by atoms with Crippen LogP contribution in [-0.4, -0.2) is 26.5 Å². The first-order chi connectivity index (χ1) is 15.4. The van der Waals surface area contributed by atoms with E-state index < -0.39 is 17.3 Å². The molecule has 0 aliphatic carbocycles. The van der Waals surface area contributed by atoms with Gasteiger partial charge < -0.3 is 4.74 Å². The molecule has 164 valence electrons. The van der Waals surface area contributed by atoms with E-state index in [1.807, 2.05) is 0 Å². The molecule has 3 heterocycles. The Labute approximate surface area is 192 Å². The van der Waals surface area contributed by atoms with Crippen LogP contribution in [0.4, 0.5) is 4.39 Å². The van der Waals surface area contributed by atoms with Crippen LogP contribution in [0.25, 0.3) is 17.1 Å². The van der Waals surface area contributed by atoms with Gasteiger partial charge in [0, 0.05) is 23.2 Å². The van der Waals surface area contributed by atoms with Gasteiger partial charge in [0.25, 0.3) is 11.1 Å². The van der Waals surface area contributed by atoms with E-state index in [4.69, 9.17) is 16.3 Å². The first-order valence-corrected chi connectivity index (χ1v) is 11.4. The van der Waals surface area contributed by atoms with Crippen molar-refractivity contribution in [1.29, 1.82) is 0 Å². The van der Waals surface area contributed by atoms with Crippen LogP contribution in [0.5, 0.6) is 0 Å². The first-order valence-electron chi connectivity index (χ1n) is 9.37. The average Bonchev–Trinajstić information content (AvgIpc) is 3.32. The second-order valence-electron chi connectivity index (χ2n) is 6.51. The number of fused-ring (bicyclic) bond motifs is 1. The molecule has 0 fully saturated rings. The molecule has 11 heteroatoms. The molecule has 32 heavy (non-hydrogen) atoms. The highest BCUT2D eigenvalue weighted by atomic mass is 35.5. The molecule has 0 bridgehead atoms. The topological polar surface area (TPSA) is 82.7 Å². The lowest BCUT2D eigenvalue weighted by atomic mass is 10.2. The van der Waals surface area contributed by atoms with Crippen molar-refractivity contribution in [2.24, 2.45) is 0 Å². The van der Waals surface area contributed by atoms with Gasteiger partial charge in [-0.3, -0.25) is 18.6 Å². The van der Waals surface area contributed by atoms with E-state index in [1.54, 1.807) is 18.5 Å². The van der Waals surface area contributed by atoms with E-state index >= 15 is 0 Å². The van der Waals surface area contributed by atoms with Crippen LogP contribution in [0, 0.1) is 5.82 Å². The largest absolute Gasteiger partial charge is 0.463 e. The lowest BCUT2D eigenvalue weighted by Gasteiger charge is -2.03. The Morgan fingerprint density at radius 2 is 2.16 bits per heavy atom. The number of hydrogen-bond acceptors (Lipinski definition) is 7. The number of esters is 1. The van der Waals surface area contributed by atoms with E-state index in [-0.39, 0.29) is 38.5 Å². The van der Waals surface area contributed by atoms with Crippen molar-refractivity contribution in [2.75, 3.05) is 6.61 Å². The van der Waals surface area contributed by atoms with Crippen LogP contribution in [0.15, 0.2) is 45.4 Å². The minimum absolute atomic E-state index is 0.0525. The van der Waals surface area contributed by atoms with Crippen LogP contribution in [0.2, 0.25) is 5.02 Å². The first kappa shape index (κ1) is 22.1.